The number of halogens is 4. The first kappa shape index (κ1) is 23.4. The fraction of sp³-hybridized carbons (Fsp3) is 0.238. The van der Waals surface area contributed by atoms with Gasteiger partial charge < -0.3 is 10.2 Å². The predicted octanol–water partition coefficient (Wildman–Crippen LogP) is 4.78. The first-order valence-electron chi connectivity index (χ1n) is 9.90. The van der Waals surface area contributed by atoms with Crippen molar-refractivity contribution in [2.75, 3.05) is 5.32 Å². The summed E-state index contributed by atoms with van der Waals surface area (Å²) in [5, 5.41) is 14.0. The molecule has 0 saturated heterocycles. The van der Waals surface area contributed by atoms with E-state index in [1.165, 1.54) is 18.0 Å². The van der Waals surface area contributed by atoms with Crippen LogP contribution in [0.3, 0.4) is 0 Å². The number of fused-ring (bicyclic) bond motifs is 1. The Morgan fingerprint density at radius 1 is 1.26 bits per heavy atom. The van der Waals surface area contributed by atoms with E-state index in [0.717, 1.165) is 12.1 Å². The van der Waals surface area contributed by atoms with Crippen molar-refractivity contribution in [1.82, 2.24) is 19.9 Å². The zero-order valence-corrected chi connectivity index (χ0v) is 18.3. The zero-order chi connectivity index (χ0) is 24.6. The molecule has 9 nitrogen and oxygen atoms in total. The minimum absolute atomic E-state index is 0.0336. The highest BCUT2D eigenvalue weighted by molar-refractivity contribution is 6.28. The number of hydrogen-bond acceptors (Lipinski definition) is 7. The van der Waals surface area contributed by atoms with Gasteiger partial charge in [-0.15, -0.1) is 0 Å². The van der Waals surface area contributed by atoms with Crippen LogP contribution in [0.2, 0.25) is 5.28 Å². The van der Waals surface area contributed by atoms with Crippen LogP contribution < -0.4 is 5.32 Å². The number of benzene rings is 1. The second-order valence-electron chi connectivity index (χ2n) is 7.60. The number of nitro benzene ring substituents is 1. The highest BCUT2D eigenvalue weighted by atomic mass is 35.5. The Labute approximate surface area is 195 Å². The molecular weight excluding hydrogens is 477 g/mol. The summed E-state index contributed by atoms with van der Waals surface area (Å²) in [5.74, 6) is -0.0567. The van der Waals surface area contributed by atoms with Gasteiger partial charge in [-0.05, 0) is 42.3 Å². The van der Waals surface area contributed by atoms with Gasteiger partial charge in [0, 0.05) is 30.1 Å². The topological polar surface area (TPSA) is 114 Å². The molecule has 34 heavy (non-hydrogen) atoms. The average molecular weight is 493 g/mol. The van der Waals surface area contributed by atoms with Crippen molar-refractivity contribution in [3.05, 3.63) is 86.1 Å². The molecule has 0 aliphatic carbocycles. The van der Waals surface area contributed by atoms with Gasteiger partial charge in [0.15, 0.2) is 0 Å². The summed E-state index contributed by atoms with van der Waals surface area (Å²) in [7, 11) is 0. The van der Waals surface area contributed by atoms with Gasteiger partial charge in [0.25, 0.3) is 11.6 Å². The predicted molar refractivity (Wildman–Crippen MR) is 115 cm³/mol. The van der Waals surface area contributed by atoms with E-state index >= 15 is 0 Å². The van der Waals surface area contributed by atoms with E-state index in [0.29, 0.717) is 22.9 Å². The molecule has 1 aromatic carbocycles. The lowest BCUT2D eigenvalue weighted by Gasteiger charge is -2.19. The Morgan fingerprint density at radius 2 is 2.03 bits per heavy atom. The fourth-order valence-electron chi connectivity index (χ4n) is 3.60. The Kier molecular flexibility index (Phi) is 6.09. The molecule has 1 aliphatic heterocycles. The maximum absolute atomic E-state index is 13.3. The normalized spacial score (nSPS) is 14.0. The van der Waals surface area contributed by atoms with Gasteiger partial charge in [0.05, 0.1) is 40.9 Å². The Hall–Kier alpha value is -3.80. The smallest absolute Gasteiger partial charge is 0.363 e. The van der Waals surface area contributed by atoms with Crippen LogP contribution in [0.4, 0.5) is 24.7 Å². The van der Waals surface area contributed by atoms with E-state index in [-0.39, 0.29) is 35.7 Å². The van der Waals surface area contributed by atoms with Gasteiger partial charge in [0.1, 0.15) is 5.82 Å². The fourth-order valence-corrected chi connectivity index (χ4v) is 3.79. The van der Waals surface area contributed by atoms with E-state index in [2.05, 4.69) is 20.3 Å². The van der Waals surface area contributed by atoms with Crippen LogP contribution in [-0.2, 0) is 19.3 Å². The molecule has 1 atom stereocenters. The second kappa shape index (κ2) is 8.86. The highest BCUT2D eigenvalue weighted by Gasteiger charge is 2.34. The van der Waals surface area contributed by atoms with Crippen LogP contribution in [-0.4, -0.2) is 30.7 Å². The lowest BCUT2D eigenvalue weighted by molar-refractivity contribution is -0.385. The number of non-ortho nitro benzene ring substituents is 1. The van der Waals surface area contributed by atoms with E-state index in [4.69, 9.17) is 11.6 Å². The molecule has 176 valence electrons. The van der Waals surface area contributed by atoms with E-state index in [1.54, 1.807) is 18.3 Å². The van der Waals surface area contributed by atoms with Crippen LogP contribution in [0.15, 0.2) is 42.7 Å². The summed E-state index contributed by atoms with van der Waals surface area (Å²) >= 11 is 6.04. The monoisotopic (exact) mass is 492 g/mol. The molecule has 3 aromatic rings. The molecule has 1 amide bonds. The number of anilines is 1. The lowest BCUT2D eigenvalue weighted by Crippen LogP contribution is -2.25. The quantitative estimate of drug-likeness (QED) is 0.309. The Bertz CT molecular complexity index is 1270. The van der Waals surface area contributed by atoms with Crippen molar-refractivity contribution in [2.24, 2.45) is 0 Å². The summed E-state index contributed by atoms with van der Waals surface area (Å²) in [6.45, 7) is 1.83. The molecule has 1 aliphatic rings. The molecule has 0 unspecified atom stereocenters. The van der Waals surface area contributed by atoms with E-state index in [1.807, 2.05) is 0 Å². The van der Waals surface area contributed by atoms with Crippen molar-refractivity contribution in [3.8, 4) is 0 Å². The van der Waals surface area contributed by atoms with Crippen molar-refractivity contribution in [3.63, 3.8) is 0 Å². The number of carbonyl (C=O) groups is 1. The van der Waals surface area contributed by atoms with Gasteiger partial charge in [-0.1, -0.05) is 0 Å². The minimum Gasteiger partial charge on any atom is -0.363 e. The molecule has 0 fully saturated rings. The molecule has 1 N–H and O–H groups in total. The van der Waals surface area contributed by atoms with E-state index in [9.17, 15) is 28.1 Å². The van der Waals surface area contributed by atoms with Crippen molar-refractivity contribution in [1.29, 1.82) is 0 Å². The molecule has 2 aromatic heterocycles. The SMILES string of the molecule is C[C@@H](Nc1nc(Cl)nc2c1CN(C(=O)c1cccnc1)C2)c1cc([N+](=O)[O-])cc(C(F)(F)F)c1. The number of rotatable bonds is 5. The van der Waals surface area contributed by atoms with Crippen LogP contribution in [0.25, 0.3) is 0 Å². The summed E-state index contributed by atoms with van der Waals surface area (Å²) in [6, 6.07) is 4.84. The summed E-state index contributed by atoms with van der Waals surface area (Å²) in [4.78, 5) is 36.8. The number of hydrogen-bond donors (Lipinski definition) is 1. The molecule has 0 spiro atoms. The molecular formula is C21H16ClF3N6O3. The maximum atomic E-state index is 13.3. The van der Waals surface area contributed by atoms with Crippen molar-refractivity contribution < 1.29 is 22.9 Å². The summed E-state index contributed by atoms with van der Waals surface area (Å²) in [5.41, 5.74) is -0.362. The minimum atomic E-state index is -4.76. The first-order valence-corrected chi connectivity index (χ1v) is 10.3. The number of nitrogens with one attached hydrogen (secondary N) is 1. The third-order valence-corrected chi connectivity index (χ3v) is 5.45. The zero-order valence-electron chi connectivity index (χ0n) is 17.5. The number of aromatic nitrogens is 3. The molecule has 0 bridgehead atoms. The van der Waals surface area contributed by atoms with Crippen LogP contribution in [0.1, 0.15) is 45.7 Å². The van der Waals surface area contributed by atoms with Crippen LogP contribution in [0, 0.1) is 10.1 Å². The van der Waals surface area contributed by atoms with Gasteiger partial charge in [-0.3, -0.25) is 19.9 Å². The molecule has 0 saturated carbocycles. The largest absolute Gasteiger partial charge is 0.416 e. The third-order valence-electron chi connectivity index (χ3n) is 5.28. The van der Waals surface area contributed by atoms with Crippen LogP contribution in [0.5, 0.6) is 0 Å². The molecule has 13 heteroatoms. The second-order valence-corrected chi connectivity index (χ2v) is 7.94. The van der Waals surface area contributed by atoms with Crippen molar-refractivity contribution in [2.45, 2.75) is 32.2 Å². The number of alkyl halides is 3. The maximum Gasteiger partial charge on any atom is 0.416 e. The van der Waals surface area contributed by atoms with Crippen LogP contribution >= 0.6 is 11.6 Å². The van der Waals surface area contributed by atoms with E-state index < -0.39 is 28.4 Å². The first-order chi connectivity index (χ1) is 16.0. The lowest BCUT2D eigenvalue weighted by atomic mass is 10.0. The number of pyridine rings is 1. The van der Waals surface area contributed by atoms with Gasteiger partial charge in [0.2, 0.25) is 5.28 Å². The Morgan fingerprint density at radius 3 is 2.68 bits per heavy atom. The molecule has 4 rings (SSSR count). The number of carbonyl (C=O) groups excluding carboxylic acids is 1. The summed E-state index contributed by atoms with van der Waals surface area (Å²) < 4.78 is 39.8. The molecule has 3 heterocycles. The highest BCUT2D eigenvalue weighted by Crippen LogP contribution is 2.36. The third kappa shape index (κ3) is 4.76. The van der Waals surface area contributed by atoms with Gasteiger partial charge >= 0.3 is 6.18 Å². The molecule has 0 radical (unpaired) electrons. The van der Waals surface area contributed by atoms with Gasteiger partial charge in [-0.2, -0.15) is 13.2 Å². The average Bonchev–Trinajstić information content (AvgIpc) is 3.22. The number of amides is 1. The standard InChI is InChI=1S/C21H16ClF3N6O3/c1-11(13-5-14(21(23,24)25)7-15(6-13)31(33)34)27-18-16-9-30(10-17(16)28-20(22)29-18)19(32)12-3-2-4-26-8-12/h2-8,11H,9-10H2,1H3,(H,27,28,29)/t11-/m1/s1. The van der Waals surface area contributed by atoms with Gasteiger partial charge in [-0.25, -0.2) is 9.97 Å². The number of nitrogens with zero attached hydrogens (tertiary/aromatic N) is 5. The van der Waals surface area contributed by atoms with Crippen molar-refractivity contribution >= 4 is 29.0 Å². The Balaban J connectivity index is 1.63. The number of nitro groups is 1. The summed E-state index contributed by atoms with van der Waals surface area (Å²) in [6.07, 6.45) is -1.78.